The van der Waals surface area contributed by atoms with Crippen molar-refractivity contribution in [1.82, 2.24) is 5.32 Å². The van der Waals surface area contributed by atoms with Gasteiger partial charge in [-0.15, -0.1) is 0 Å². The summed E-state index contributed by atoms with van der Waals surface area (Å²) in [5, 5.41) is 2.78. The van der Waals surface area contributed by atoms with Crippen LogP contribution >= 0.6 is 11.8 Å². The van der Waals surface area contributed by atoms with Crippen molar-refractivity contribution in [3.8, 4) is 5.75 Å². The number of para-hydroxylation sites is 1. The first-order chi connectivity index (χ1) is 14.6. The van der Waals surface area contributed by atoms with E-state index >= 15 is 0 Å². The Labute approximate surface area is 178 Å². The first-order valence-corrected chi connectivity index (χ1v) is 10.3. The second-order valence-corrected chi connectivity index (χ2v) is 7.98. The highest BCUT2D eigenvalue weighted by Gasteiger charge is 2.38. The number of nitrogens with one attached hydrogen (secondary N) is 1. The van der Waals surface area contributed by atoms with Crippen molar-refractivity contribution in [3.63, 3.8) is 0 Å². The number of carbonyl (C=O) groups is 2. The van der Waals surface area contributed by atoms with Crippen molar-refractivity contribution >= 4 is 35.4 Å². The van der Waals surface area contributed by atoms with E-state index in [1.165, 1.54) is 11.8 Å². The van der Waals surface area contributed by atoms with Crippen molar-refractivity contribution in [2.24, 2.45) is 0 Å². The topological polar surface area (TPSA) is 71.5 Å². The third-order valence-electron chi connectivity index (χ3n) is 4.89. The Hall–Kier alpha value is -3.32. The summed E-state index contributed by atoms with van der Waals surface area (Å²) in [6.07, 6.45) is 8.93. The van der Waals surface area contributed by atoms with E-state index in [4.69, 9.17) is 9.15 Å². The van der Waals surface area contributed by atoms with E-state index in [1.54, 1.807) is 49.3 Å². The Balaban J connectivity index is 1.56. The predicted molar refractivity (Wildman–Crippen MR) is 116 cm³/mol. The Bertz CT molecular complexity index is 1110. The molecule has 0 fully saturated rings. The van der Waals surface area contributed by atoms with E-state index in [0.717, 1.165) is 11.3 Å². The lowest BCUT2D eigenvalue weighted by atomic mass is 10.0. The van der Waals surface area contributed by atoms with Gasteiger partial charge in [0.05, 0.1) is 19.9 Å². The number of allylic oxidation sites excluding steroid dienone is 1. The summed E-state index contributed by atoms with van der Waals surface area (Å²) < 4.78 is 12.2. The van der Waals surface area contributed by atoms with Crippen LogP contribution in [0, 0.1) is 0 Å². The maximum absolute atomic E-state index is 13.0. The molecule has 0 bridgehead atoms. The zero-order valence-corrected chi connectivity index (χ0v) is 17.4. The minimum Gasteiger partial charge on any atom is -0.496 e. The molecule has 6 nitrogen and oxygen atoms in total. The molecular formula is C23H21N2O4S+. The average molecular weight is 421 g/mol. The number of benzene rings is 1. The molecule has 1 aromatic carbocycles. The Morgan fingerprint density at radius 1 is 1.30 bits per heavy atom. The van der Waals surface area contributed by atoms with Crippen LogP contribution in [0.2, 0.25) is 0 Å². The highest BCUT2D eigenvalue weighted by atomic mass is 32.2. The Kier molecular flexibility index (Phi) is 5.72. The molecule has 2 aromatic rings. The van der Waals surface area contributed by atoms with E-state index < -0.39 is 0 Å². The molecule has 0 saturated heterocycles. The van der Waals surface area contributed by atoms with Gasteiger partial charge in [0.15, 0.2) is 0 Å². The lowest BCUT2D eigenvalue weighted by Crippen LogP contribution is -2.37. The van der Waals surface area contributed by atoms with Crippen molar-refractivity contribution in [2.75, 3.05) is 14.2 Å². The number of fused-ring (bicyclic) bond motifs is 1. The molecule has 1 unspecified atom stereocenters. The number of nitrogens with zero attached hydrogens (tertiary/aromatic N) is 1. The first-order valence-electron chi connectivity index (χ1n) is 9.43. The lowest BCUT2D eigenvalue weighted by molar-refractivity contribution is -0.413. The van der Waals surface area contributed by atoms with E-state index in [1.807, 2.05) is 36.4 Å². The summed E-state index contributed by atoms with van der Waals surface area (Å²) in [5.74, 6) is 1.07. The van der Waals surface area contributed by atoms with Gasteiger partial charge in [0.2, 0.25) is 5.71 Å². The van der Waals surface area contributed by atoms with E-state index in [0.29, 0.717) is 28.5 Å². The van der Waals surface area contributed by atoms with Crippen LogP contribution in [-0.2, 0) is 16.1 Å². The molecule has 1 N–H and O–H groups in total. The van der Waals surface area contributed by atoms with E-state index in [-0.39, 0.29) is 17.1 Å². The number of hydrogen-bond acceptors (Lipinski definition) is 5. The minimum absolute atomic E-state index is 0.0460. The smallest absolute Gasteiger partial charge is 0.425 e. The van der Waals surface area contributed by atoms with Gasteiger partial charge in [-0.3, -0.25) is 4.79 Å². The van der Waals surface area contributed by atoms with E-state index in [2.05, 4.69) is 5.32 Å². The third-order valence-corrected chi connectivity index (χ3v) is 6.09. The Morgan fingerprint density at radius 3 is 2.90 bits per heavy atom. The molecule has 30 heavy (non-hydrogen) atoms. The van der Waals surface area contributed by atoms with Gasteiger partial charge in [0, 0.05) is 17.2 Å². The van der Waals surface area contributed by atoms with E-state index in [9.17, 15) is 9.59 Å². The molecule has 152 valence electrons. The van der Waals surface area contributed by atoms with Gasteiger partial charge in [-0.2, -0.15) is 4.58 Å². The molecule has 1 aliphatic carbocycles. The lowest BCUT2D eigenvalue weighted by Gasteiger charge is -2.21. The van der Waals surface area contributed by atoms with Crippen LogP contribution in [0.15, 0.2) is 75.8 Å². The highest BCUT2D eigenvalue weighted by Crippen LogP contribution is 2.34. The highest BCUT2D eigenvalue weighted by molar-refractivity contribution is 8.05. The second-order valence-electron chi connectivity index (χ2n) is 6.80. The van der Waals surface area contributed by atoms with Gasteiger partial charge < -0.3 is 14.5 Å². The van der Waals surface area contributed by atoms with Gasteiger partial charge in [-0.05, 0) is 24.3 Å². The summed E-state index contributed by atoms with van der Waals surface area (Å²) >= 11 is 1.47. The standard InChI is InChI=1S/C23H20N2O4S/c1-25-18-12-16(22(26)24-14-17-7-5-11-29-17)9-10-20(18)30-21(23(25)27)13-15-6-3-4-8-19(15)28-2/h3-13,20H,14H2,1-2H3/p+1/b21-13+. The molecule has 2 aliphatic rings. The summed E-state index contributed by atoms with van der Waals surface area (Å²) in [5.41, 5.74) is 2.14. The van der Waals surface area contributed by atoms with Crippen LogP contribution < -0.4 is 10.1 Å². The third kappa shape index (κ3) is 4.02. The second kappa shape index (κ2) is 8.59. The van der Waals surface area contributed by atoms with Gasteiger partial charge in [0.25, 0.3) is 5.91 Å². The van der Waals surface area contributed by atoms with Gasteiger partial charge >= 0.3 is 5.91 Å². The molecule has 1 aliphatic heterocycles. The Morgan fingerprint density at radius 2 is 2.13 bits per heavy atom. The van der Waals surface area contributed by atoms with Gasteiger partial charge in [-0.25, -0.2) is 4.79 Å². The van der Waals surface area contributed by atoms with Crippen molar-refractivity contribution in [2.45, 2.75) is 11.8 Å². The first kappa shape index (κ1) is 20.0. The quantitative estimate of drug-likeness (QED) is 0.593. The zero-order chi connectivity index (χ0) is 21.1. The van der Waals surface area contributed by atoms with Crippen LogP contribution in [0.3, 0.4) is 0 Å². The minimum atomic E-state index is -0.213. The average Bonchev–Trinajstić information content (AvgIpc) is 3.29. The zero-order valence-electron chi connectivity index (χ0n) is 16.6. The SMILES string of the molecule is COc1ccccc1/C=C1/SC2C=CC(C(=O)NCc3ccco3)=CC2=[N+](C)C1=O. The molecule has 1 aromatic heterocycles. The van der Waals surface area contributed by atoms with Gasteiger partial charge in [-0.1, -0.05) is 42.1 Å². The molecule has 0 spiro atoms. The van der Waals surface area contributed by atoms with Crippen LogP contribution in [0.4, 0.5) is 0 Å². The van der Waals surface area contributed by atoms with Gasteiger partial charge in [0.1, 0.15) is 28.7 Å². The van der Waals surface area contributed by atoms with Crippen LogP contribution in [0.25, 0.3) is 6.08 Å². The summed E-state index contributed by atoms with van der Waals surface area (Å²) in [4.78, 5) is 26.1. The molecule has 2 heterocycles. The molecule has 7 heteroatoms. The van der Waals surface area contributed by atoms with Crippen LogP contribution in [0.5, 0.6) is 5.75 Å². The maximum atomic E-state index is 13.0. The molecule has 2 amide bonds. The fourth-order valence-electron chi connectivity index (χ4n) is 3.28. The number of methoxy groups -OCH3 is 1. The van der Waals surface area contributed by atoms with Crippen molar-refractivity contribution in [1.29, 1.82) is 0 Å². The number of furan rings is 1. The number of ether oxygens (including phenoxy) is 1. The molecule has 1 atom stereocenters. The number of thioether (sulfide) groups is 1. The fraction of sp³-hybridized carbons (Fsp3) is 0.174. The normalized spacial score (nSPS) is 19.5. The summed E-state index contributed by atoms with van der Waals surface area (Å²) in [7, 11) is 3.34. The largest absolute Gasteiger partial charge is 0.496 e. The number of amides is 2. The molecule has 0 saturated carbocycles. The number of hydrogen-bond donors (Lipinski definition) is 1. The molecular weight excluding hydrogens is 400 g/mol. The van der Waals surface area contributed by atoms with Crippen molar-refractivity contribution in [3.05, 3.63) is 82.7 Å². The summed E-state index contributed by atoms with van der Waals surface area (Å²) in [6.45, 7) is 0.311. The maximum Gasteiger partial charge on any atom is 0.425 e. The molecule has 0 radical (unpaired) electrons. The fourth-order valence-corrected chi connectivity index (χ4v) is 4.49. The number of likely N-dealkylation sites (N-methyl/N-ethyl adjacent to an activating group) is 1. The van der Waals surface area contributed by atoms with Crippen molar-refractivity contribution < 1.29 is 23.3 Å². The van der Waals surface area contributed by atoms with Crippen LogP contribution in [0.1, 0.15) is 11.3 Å². The number of rotatable bonds is 5. The number of carbonyl (C=O) groups excluding carboxylic acids is 2. The molecule has 4 rings (SSSR count). The predicted octanol–water partition coefficient (Wildman–Crippen LogP) is 3.17. The van der Waals surface area contributed by atoms with Crippen LogP contribution in [-0.4, -0.2) is 41.5 Å². The monoisotopic (exact) mass is 421 g/mol. The summed E-state index contributed by atoms with van der Waals surface area (Å²) in [6, 6.07) is 11.2.